The van der Waals surface area contributed by atoms with Crippen LogP contribution >= 0.6 is 0 Å². The average Bonchev–Trinajstić information content (AvgIpc) is 2.23. The molecule has 21 heteroatoms. The fraction of sp³-hybridized carbons (Fsp3) is 0. The van der Waals surface area contributed by atoms with E-state index in [1.54, 1.807) is 0 Å². The quantitative estimate of drug-likeness (QED) is 0.189. The molecule has 0 fully saturated rings. The maximum absolute atomic E-state index is 8.00. The van der Waals surface area contributed by atoms with Gasteiger partial charge in [-0.1, -0.05) is 0 Å². The van der Waals surface area contributed by atoms with E-state index in [1.807, 2.05) is 0 Å². The first kappa shape index (κ1) is 58.0. The van der Waals surface area contributed by atoms with Crippen molar-refractivity contribution in [1.82, 2.24) is 0 Å². The molecule has 18 nitrogen and oxygen atoms in total. The molecule has 0 saturated heterocycles. The van der Waals surface area contributed by atoms with Crippen LogP contribution in [0.4, 0.5) is 0 Å². The molecular formula is K2N6O12Rh-4. The average molecular weight is 457 g/mol. The third kappa shape index (κ3) is 77500. The zero-order valence-corrected chi connectivity index (χ0v) is 17.8. The van der Waals surface area contributed by atoms with Crippen LogP contribution in [0, 0.1) is 60.7 Å². The first-order valence-corrected chi connectivity index (χ1v) is 2.19. The van der Waals surface area contributed by atoms with Crippen molar-refractivity contribution in [2.75, 3.05) is 0 Å². The van der Waals surface area contributed by atoms with Crippen LogP contribution in [-0.4, -0.2) is 0 Å². The van der Waals surface area contributed by atoms with E-state index >= 15 is 0 Å². The predicted molar refractivity (Wildman–Crippen MR) is 55.0 cm³/mol. The molecule has 0 saturated carbocycles. The topological polar surface area (TPSA) is 315 Å². The monoisotopic (exact) mass is 457 g/mol. The van der Waals surface area contributed by atoms with E-state index < -0.39 is 0 Å². The van der Waals surface area contributed by atoms with Crippen LogP contribution in [0.5, 0.6) is 0 Å². The standard InChI is InChI=1S/2K.6HNO2.Rh/c;;6*2-1-3;/h;;6*(H,2,3);/q2*+1;;;;;;;/p-6. The summed E-state index contributed by atoms with van der Waals surface area (Å²) in [6.45, 7) is 0. The Morgan fingerprint density at radius 1 is 0.381 bits per heavy atom. The minimum Gasteiger partial charge on any atom is -0.444 e. The van der Waals surface area contributed by atoms with Gasteiger partial charge in [-0.2, -0.15) is 0 Å². The van der Waals surface area contributed by atoms with Gasteiger partial charge in [0.15, 0.2) is 0 Å². The van der Waals surface area contributed by atoms with Gasteiger partial charge in [0, 0.05) is 19.5 Å². The molecule has 0 aliphatic heterocycles. The summed E-state index contributed by atoms with van der Waals surface area (Å²) in [5.74, 6) is 0. The summed E-state index contributed by atoms with van der Waals surface area (Å²) in [7, 11) is 0. The summed E-state index contributed by atoms with van der Waals surface area (Å²) < 4.78 is 0. The molecule has 0 amide bonds. The maximum Gasteiger partial charge on any atom is 1.00 e. The van der Waals surface area contributed by atoms with Crippen molar-refractivity contribution < 1.29 is 122 Å². The van der Waals surface area contributed by atoms with Crippen molar-refractivity contribution in [3.8, 4) is 0 Å². The summed E-state index contributed by atoms with van der Waals surface area (Å²) in [6, 6.07) is 0. The second kappa shape index (κ2) is 191. The molecule has 0 atom stereocenters. The Hall–Kier alpha value is 0.296. The van der Waals surface area contributed by atoms with E-state index in [-0.39, 0.29) is 122 Å². The van der Waals surface area contributed by atoms with Crippen LogP contribution < -0.4 is 103 Å². The van der Waals surface area contributed by atoms with E-state index in [9.17, 15) is 0 Å². The number of hydrogen-bond donors (Lipinski definition) is 0. The van der Waals surface area contributed by atoms with E-state index in [1.165, 1.54) is 0 Å². The summed E-state index contributed by atoms with van der Waals surface area (Å²) in [6.07, 6.45) is 0. The molecular weight excluding hydrogens is 457 g/mol. The first-order chi connectivity index (χ1) is 8.49. The molecule has 21 heavy (non-hydrogen) atoms. The molecule has 0 aliphatic carbocycles. The van der Waals surface area contributed by atoms with Gasteiger partial charge in [0.2, 0.25) is 0 Å². The summed E-state index contributed by atoms with van der Waals surface area (Å²) in [5, 5.41) is 54.0. The summed E-state index contributed by atoms with van der Waals surface area (Å²) >= 11 is 0. The fourth-order valence-electron chi connectivity index (χ4n) is 0. The number of hydrogen-bond acceptors (Lipinski definition) is 18. The first-order valence-electron chi connectivity index (χ1n) is 2.19. The van der Waals surface area contributed by atoms with Gasteiger partial charge in [-0.3, -0.25) is 0 Å². The van der Waals surface area contributed by atoms with Crippen molar-refractivity contribution in [2.24, 2.45) is 32.0 Å². The Labute approximate surface area is 211 Å². The molecule has 0 rings (SSSR count). The minimum absolute atomic E-state index is 0. The zero-order valence-electron chi connectivity index (χ0n) is 9.92. The largest absolute Gasteiger partial charge is 1.00 e. The number of rotatable bonds is 0. The molecule has 0 N–H and O–H groups in total. The Bertz CT molecular complexity index is 123. The van der Waals surface area contributed by atoms with Gasteiger partial charge < -0.3 is 60.7 Å². The molecule has 0 heterocycles. The SMILES string of the molecule is O=N[O-].O=N[O-].O=N[O-].O=N[O-].O=N[O-].O=N[O-].[K+].[K+].[Rh]. The van der Waals surface area contributed by atoms with Crippen LogP contribution in [0.1, 0.15) is 0 Å². The van der Waals surface area contributed by atoms with Gasteiger partial charge in [0.05, 0.1) is 0 Å². The van der Waals surface area contributed by atoms with Gasteiger partial charge in [-0.25, -0.2) is 0 Å². The Morgan fingerprint density at radius 3 is 0.381 bits per heavy atom. The van der Waals surface area contributed by atoms with Crippen molar-refractivity contribution in [1.29, 1.82) is 0 Å². The van der Waals surface area contributed by atoms with Gasteiger partial charge in [0.25, 0.3) is 0 Å². The van der Waals surface area contributed by atoms with Crippen LogP contribution in [0.3, 0.4) is 0 Å². The van der Waals surface area contributed by atoms with Gasteiger partial charge in [-0.05, 0) is 0 Å². The summed E-state index contributed by atoms with van der Waals surface area (Å²) in [5.41, 5.74) is 0. The van der Waals surface area contributed by atoms with Gasteiger partial charge in [0.1, 0.15) is 0 Å². The molecule has 0 aliphatic rings. The van der Waals surface area contributed by atoms with E-state index in [4.69, 9.17) is 60.7 Å². The van der Waals surface area contributed by atoms with E-state index in [0.717, 1.165) is 32.0 Å². The minimum atomic E-state index is 0. The Balaban J connectivity index is -0.0000000114. The van der Waals surface area contributed by atoms with E-state index in [0.29, 0.717) is 0 Å². The molecule has 0 aromatic rings. The zero-order chi connectivity index (χ0) is 16.2. The molecule has 1 radical (unpaired) electrons. The molecule has 0 unspecified atom stereocenters. The maximum atomic E-state index is 8.00. The van der Waals surface area contributed by atoms with Gasteiger partial charge in [-0.15, -0.1) is 32.0 Å². The second-order valence-electron chi connectivity index (χ2n) is 0.447. The molecule has 117 valence electrons. The molecule has 0 spiro atoms. The normalized spacial score (nSPS) is 3.43. The molecule has 0 bridgehead atoms. The fourth-order valence-corrected chi connectivity index (χ4v) is 0. The third-order valence-corrected chi connectivity index (χ3v) is 0. The van der Waals surface area contributed by atoms with Crippen LogP contribution in [0.25, 0.3) is 0 Å². The van der Waals surface area contributed by atoms with Crippen molar-refractivity contribution in [2.45, 2.75) is 0 Å². The van der Waals surface area contributed by atoms with Crippen LogP contribution in [-0.2, 0) is 19.5 Å². The van der Waals surface area contributed by atoms with Crippen molar-refractivity contribution in [3.05, 3.63) is 60.7 Å². The second-order valence-corrected chi connectivity index (χ2v) is 0.447. The smallest absolute Gasteiger partial charge is 0.444 e. The number of nitrogens with zero attached hydrogens (tertiary/aromatic N) is 6. The molecule has 0 aromatic heterocycles. The predicted octanol–water partition coefficient (Wildman–Crippen LogP) is -4.49. The molecule has 0 aromatic carbocycles. The Kier molecular flexibility index (Phi) is 527. The Morgan fingerprint density at radius 2 is 0.381 bits per heavy atom. The third-order valence-electron chi connectivity index (χ3n) is 0. The van der Waals surface area contributed by atoms with Crippen molar-refractivity contribution >= 4 is 0 Å². The van der Waals surface area contributed by atoms with E-state index in [2.05, 4.69) is 0 Å². The van der Waals surface area contributed by atoms with Crippen LogP contribution in [0.2, 0.25) is 0 Å². The summed E-state index contributed by atoms with van der Waals surface area (Å²) in [4.78, 5) is 48.0. The van der Waals surface area contributed by atoms with Crippen LogP contribution in [0.15, 0.2) is 32.0 Å². The van der Waals surface area contributed by atoms with Crippen molar-refractivity contribution in [3.63, 3.8) is 0 Å². The van der Waals surface area contributed by atoms with Gasteiger partial charge >= 0.3 is 103 Å².